The molecule has 3 aromatic rings. The van der Waals surface area contributed by atoms with Crippen molar-refractivity contribution in [1.82, 2.24) is 19.6 Å². The van der Waals surface area contributed by atoms with E-state index in [-0.39, 0.29) is 22.9 Å². The number of hydrogen-bond acceptors (Lipinski definition) is 5. The summed E-state index contributed by atoms with van der Waals surface area (Å²) in [6, 6.07) is 11.2. The summed E-state index contributed by atoms with van der Waals surface area (Å²) in [5.41, 5.74) is 1.99. The summed E-state index contributed by atoms with van der Waals surface area (Å²) in [5.74, 6) is -0.659. The molecule has 0 saturated heterocycles. The maximum absolute atomic E-state index is 13.3. The molecule has 1 N–H and O–H groups in total. The largest absolute Gasteiger partial charge is 0.457 e. The fourth-order valence-corrected chi connectivity index (χ4v) is 3.92. The Morgan fingerprint density at radius 3 is 2.59 bits per heavy atom. The normalized spacial score (nSPS) is 16.3. The lowest BCUT2D eigenvalue weighted by Gasteiger charge is -2.33. The molecule has 0 bridgehead atoms. The Labute approximate surface area is 189 Å². The lowest BCUT2D eigenvalue weighted by Crippen LogP contribution is -2.48. The van der Waals surface area contributed by atoms with Crippen LogP contribution in [0.15, 0.2) is 64.7 Å². The topological polar surface area (TPSA) is 93.0 Å². The number of halogens is 1. The number of pyridine rings is 1. The molecular formula is C23H21ClN4O4. The Bertz CT molecular complexity index is 1320. The summed E-state index contributed by atoms with van der Waals surface area (Å²) in [6.07, 6.45) is 1.57. The summed E-state index contributed by atoms with van der Waals surface area (Å²) < 4.78 is 6.86. The van der Waals surface area contributed by atoms with Crippen LogP contribution in [0.1, 0.15) is 29.7 Å². The van der Waals surface area contributed by atoms with Crippen LogP contribution >= 0.6 is 11.6 Å². The van der Waals surface area contributed by atoms with Crippen LogP contribution in [0.5, 0.6) is 0 Å². The van der Waals surface area contributed by atoms with Gasteiger partial charge in [0.25, 0.3) is 5.56 Å². The summed E-state index contributed by atoms with van der Waals surface area (Å²) >= 11 is 6.42. The fraction of sp³-hybridized carbons (Fsp3) is 0.217. The first-order chi connectivity index (χ1) is 15.3. The zero-order valence-electron chi connectivity index (χ0n) is 17.8. The van der Waals surface area contributed by atoms with E-state index in [0.29, 0.717) is 11.3 Å². The Morgan fingerprint density at radius 1 is 1.16 bits per heavy atom. The van der Waals surface area contributed by atoms with Crippen molar-refractivity contribution in [3.05, 3.63) is 92.1 Å². The molecule has 32 heavy (non-hydrogen) atoms. The number of aromatic nitrogens is 2. The molecule has 0 aliphatic carbocycles. The molecule has 164 valence electrons. The smallest absolute Gasteiger partial charge is 0.338 e. The molecule has 2 amide bonds. The van der Waals surface area contributed by atoms with Crippen LogP contribution in [0.25, 0.3) is 5.65 Å². The van der Waals surface area contributed by atoms with Gasteiger partial charge in [-0.1, -0.05) is 48.0 Å². The third kappa shape index (κ3) is 3.73. The predicted molar refractivity (Wildman–Crippen MR) is 119 cm³/mol. The second-order valence-electron chi connectivity index (χ2n) is 7.51. The number of esters is 1. The molecule has 1 atom stereocenters. The molecule has 0 radical (unpaired) electrons. The van der Waals surface area contributed by atoms with Crippen LogP contribution in [-0.2, 0) is 16.1 Å². The minimum atomic E-state index is -1.10. The Balaban J connectivity index is 1.80. The van der Waals surface area contributed by atoms with Gasteiger partial charge in [-0.05, 0) is 31.0 Å². The van der Waals surface area contributed by atoms with Gasteiger partial charge in [-0.25, -0.2) is 14.6 Å². The first kappa shape index (κ1) is 21.6. The summed E-state index contributed by atoms with van der Waals surface area (Å²) in [7, 11) is 1.53. The van der Waals surface area contributed by atoms with Crippen LogP contribution < -0.4 is 10.9 Å². The molecule has 2 aromatic heterocycles. The summed E-state index contributed by atoms with van der Waals surface area (Å²) in [5, 5.41) is 2.61. The lowest BCUT2D eigenvalue weighted by molar-refractivity contribution is -0.141. The van der Waals surface area contributed by atoms with E-state index in [1.807, 2.05) is 43.3 Å². The fourth-order valence-electron chi connectivity index (χ4n) is 3.65. The highest BCUT2D eigenvalue weighted by Crippen LogP contribution is 2.32. The number of amides is 2. The van der Waals surface area contributed by atoms with Crippen molar-refractivity contribution >= 4 is 29.2 Å². The number of hydrogen-bond donors (Lipinski definition) is 1. The molecular weight excluding hydrogens is 432 g/mol. The highest BCUT2D eigenvalue weighted by atomic mass is 35.5. The van der Waals surface area contributed by atoms with Crippen molar-refractivity contribution in [1.29, 1.82) is 0 Å². The highest BCUT2D eigenvalue weighted by Gasteiger charge is 2.38. The van der Waals surface area contributed by atoms with E-state index in [0.717, 1.165) is 11.1 Å². The van der Waals surface area contributed by atoms with Crippen LogP contribution in [0.3, 0.4) is 0 Å². The van der Waals surface area contributed by atoms with Crippen molar-refractivity contribution < 1.29 is 14.3 Å². The van der Waals surface area contributed by atoms with Gasteiger partial charge in [-0.15, -0.1) is 0 Å². The van der Waals surface area contributed by atoms with Gasteiger partial charge >= 0.3 is 12.0 Å². The van der Waals surface area contributed by atoms with E-state index in [1.54, 1.807) is 19.2 Å². The third-order valence-electron chi connectivity index (χ3n) is 5.51. The quantitative estimate of drug-likeness (QED) is 0.484. The first-order valence-corrected chi connectivity index (χ1v) is 10.3. The van der Waals surface area contributed by atoms with Gasteiger partial charge < -0.3 is 15.0 Å². The molecule has 1 aromatic carbocycles. The first-order valence-electron chi connectivity index (χ1n) is 9.93. The molecule has 1 aliphatic heterocycles. The average Bonchev–Trinajstić information content (AvgIpc) is 2.77. The highest BCUT2D eigenvalue weighted by molar-refractivity contribution is 6.30. The number of allylic oxidation sites excluding steroid dienone is 1. The summed E-state index contributed by atoms with van der Waals surface area (Å²) in [4.78, 5) is 44.6. The third-order valence-corrected chi connectivity index (χ3v) is 5.80. The maximum Gasteiger partial charge on any atom is 0.338 e. The predicted octanol–water partition coefficient (Wildman–Crippen LogP) is 3.37. The van der Waals surface area contributed by atoms with E-state index in [2.05, 4.69) is 10.3 Å². The van der Waals surface area contributed by atoms with Gasteiger partial charge in [-0.2, -0.15) is 0 Å². The van der Waals surface area contributed by atoms with Gasteiger partial charge in [0.05, 0.1) is 17.2 Å². The molecule has 8 nitrogen and oxygen atoms in total. The van der Waals surface area contributed by atoms with Gasteiger partial charge in [-0.3, -0.25) is 9.20 Å². The van der Waals surface area contributed by atoms with Gasteiger partial charge in [0.2, 0.25) is 0 Å². The van der Waals surface area contributed by atoms with E-state index in [4.69, 9.17) is 16.3 Å². The number of rotatable bonds is 4. The van der Waals surface area contributed by atoms with E-state index >= 15 is 0 Å². The number of nitrogens with one attached hydrogen (secondary N) is 1. The number of ether oxygens (including phenoxy) is 1. The standard InChI is InChI=1S/C23H21ClN4O4/c1-13-8-7-11-28-20(13)26-19(24)17(21(28)29)18-16(14(2)27(3)23(31)25-18)22(30)32-12-15-9-5-4-6-10-15/h4-11,18H,12H2,1-3H3,(H,25,31). The molecule has 0 saturated carbocycles. The minimum Gasteiger partial charge on any atom is -0.457 e. The zero-order chi connectivity index (χ0) is 23.0. The molecule has 9 heteroatoms. The number of benzene rings is 1. The second-order valence-corrected chi connectivity index (χ2v) is 7.87. The van der Waals surface area contributed by atoms with Crippen molar-refractivity contribution in [2.75, 3.05) is 7.05 Å². The molecule has 1 aliphatic rings. The van der Waals surface area contributed by atoms with Crippen molar-refractivity contribution in [2.24, 2.45) is 0 Å². The molecule has 0 fully saturated rings. The number of urea groups is 1. The molecule has 0 spiro atoms. The average molecular weight is 453 g/mol. The number of aryl methyl sites for hydroxylation is 1. The summed E-state index contributed by atoms with van der Waals surface area (Å²) in [6.45, 7) is 3.48. The molecule has 4 rings (SSSR count). The molecule has 3 heterocycles. The van der Waals surface area contributed by atoms with Crippen LogP contribution in [0.4, 0.5) is 4.79 Å². The van der Waals surface area contributed by atoms with Gasteiger partial charge in [0, 0.05) is 18.9 Å². The monoisotopic (exact) mass is 452 g/mol. The zero-order valence-corrected chi connectivity index (χ0v) is 18.5. The maximum atomic E-state index is 13.3. The van der Waals surface area contributed by atoms with E-state index < -0.39 is 23.6 Å². The van der Waals surface area contributed by atoms with Crippen LogP contribution in [0.2, 0.25) is 5.15 Å². The Kier molecular flexibility index (Phi) is 5.71. The van der Waals surface area contributed by atoms with Gasteiger partial charge in [0.1, 0.15) is 17.4 Å². The Hall–Kier alpha value is -3.65. The SMILES string of the molecule is CC1=C(C(=O)OCc2ccccc2)C(c2c(Cl)nc3c(C)cccn3c2=O)NC(=O)N1C. The van der Waals surface area contributed by atoms with Crippen LogP contribution in [-0.4, -0.2) is 33.3 Å². The van der Waals surface area contributed by atoms with E-state index in [9.17, 15) is 14.4 Å². The number of carbonyl (C=O) groups excluding carboxylic acids is 2. The number of carbonyl (C=O) groups is 2. The number of fused-ring (bicyclic) bond motifs is 1. The minimum absolute atomic E-state index is 0.00206. The van der Waals surface area contributed by atoms with Crippen LogP contribution in [0, 0.1) is 6.92 Å². The van der Waals surface area contributed by atoms with Crippen molar-refractivity contribution in [3.63, 3.8) is 0 Å². The molecule has 1 unspecified atom stereocenters. The Morgan fingerprint density at radius 2 is 1.88 bits per heavy atom. The van der Waals surface area contributed by atoms with Gasteiger partial charge in [0.15, 0.2) is 0 Å². The number of nitrogens with zero attached hydrogens (tertiary/aromatic N) is 3. The van der Waals surface area contributed by atoms with E-state index in [1.165, 1.54) is 16.3 Å². The lowest BCUT2D eigenvalue weighted by atomic mass is 9.96. The van der Waals surface area contributed by atoms with Crippen molar-refractivity contribution in [3.8, 4) is 0 Å². The van der Waals surface area contributed by atoms with Crippen molar-refractivity contribution in [2.45, 2.75) is 26.5 Å². The second kappa shape index (κ2) is 8.47.